The van der Waals surface area contributed by atoms with Crippen LogP contribution >= 0.6 is 11.6 Å². The van der Waals surface area contributed by atoms with Gasteiger partial charge in [0.25, 0.3) is 0 Å². The van der Waals surface area contributed by atoms with Crippen molar-refractivity contribution < 1.29 is 9.90 Å². The number of halogens is 1. The van der Waals surface area contributed by atoms with Crippen LogP contribution in [0.4, 0.5) is 0 Å². The van der Waals surface area contributed by atoms with E-state index in [-0.39, 0.29) is 17.3 Å². The quantitative estimate of drug-likeness (QED) is 0.475. The van der Waals surface area contributed by atoms with Gasteiger partial charge in [-0.15, -0.1) is 0 Å². The summed E-state index contributed by atoms with van der Waals surface area (Å²) in [5.41, 5.74) is 0.113. The van der Waals surface area contributed by atoms with Crippen LogP contribution < -0.4 is 5.72 Å². The van der Waals surface area contributed by atoms with Crippen LogP contribution in [0.5, 0.6) is 0 Å². The van der Waals surface area contributed by atoms with Crippen LogP contribution in [0.3, 0.4) is 0 Å². The molecule has 66 valence electrons. The van der Waals surface area contributed by atoms with Crippen molar-refractivity contribution in [3.05, 3.63) is 11.9 Å². The summed E-state index contributed by atoms with van der Waals surface area (Å²) >= 11 is 5.44. The Morgan fingerprint density at radius 2 is 2.43 bits per heavy atom. The molecule has 0 fully saturated rings. The molecule has 0 aliphatic heterocycles. The van der Waals surface area contributed by atoms with Gasteiger partial charge in [-0.1, -0.05) is 0 Å². The maximum absolute atomic E-state index is 10.5. The minimum atomic E-state index is -1.15. The molecule has 1 N–H and O–H groups in total. The maximum atomic E-state index is 10.5. The average molecular weight is 204 g/mol. The van der Waals surface area contributed by atoms with Gasteiger partial charge in [0.1, 0.15) is 0 Å². The number of hydrogen-bond acceptors (Lipinski definition) is 2. The van der Waals surface area contributed by atoms with E-state index in [1.807, 2.05) is 0 Å². The van der Waals surface area contributed by atoms with Gasteiger partial charge in [0.15, 0.2) is 0 Å². The summed E-state index contributed by atoms with van der Waals surface area (Å²) in [5.74, 6) is -1.01. The molecule has 0 aromatic carbocycles. The molecule has 4 nitrogen and oxygen atoms in total. The molecule has 1 heterocycles. The molecule has 8 heteroatoms. The molecule has 0 unspecified atom stereocenters. The molecule has 1 aromatic rings. The zero-order valence-electron chi connectivity index (χ0n) is 7.14. The molecule has 1 rings (SSSR count). The van der Waals surface area contributed by atoms with Gasteiger partial charge >= 0.3 is 88.5 Å². The van der Waals surface area contributed by atoms with E-state index in [9.17, 15) is 4.79 Å². The van der Waals surface area contributed by atoms with Crippen molar-refractivity contribution in [1.29, 1.82) is 0 Å². The number of hydrogen-bond donors (Lipinski definition) is 1. The molecule has 0 saturated carbocycles. The van der Waals surface area contributed by atoms with Crippen LogP contribution in [0.2, 0.25) is 0 Å². The Hall–Kier alpha value is -0.965. The predicted molar refractivity (Wildman–Crippen MR) is 57.2 cm³/mol. The van der Waals surface area contributed by atoms with Crippen molar-refractivity contribution in [2.45, 2.75) is 0 Å². The number of aromatic nitrogens is 2. The Labute approximate surface area is 89.0 Å². The third-order valence-electron chi connectivity index (χ3n) is 1.45. The Morgan fingerprint density at radius 3 is 2.86 bits per heavy atom. The topological polar surface area (TPSA) is 55.1 Å². The van der Waals surface area contributed by atoms with Gasteiger partial charge in [-0.25, -0.2) is 0 Å². The van der Waals surface area contributed by atoms with Crippen LogP contribution in [0.25, 0.3) is 0 Å². The number of carboxylic acid groups (broad SMARTS) is 1. The third kappa shape index (κ3) is 2.51. The van der Waals surface area contributed by atoms with Crippen molar-refractivity contribution in [2.24, 2.45) is 0 Å². The summed E-state index contributed by atoms with van der Waals surface area (Å²) in [6, 6.07) is 0. The van der Waals surface area contributed by atoms with E-state index >= 15 is 0 Å². The average Bonchev–Trinajstić information content (AvgIpc) is 2.48. The van der Waals surface area contributed by atoms with E-state index in [4.69, 9.17) is 32.5 Å². The monoisotopic (exact) mass is 204 g/mol. The molecule has 0 atom stereocenters. The predicted octanol–water partition coefficient (Wildman–Crippen LogP) is -1.62. The fraction of sp³-hybridized carbons (Fsp3) is 0.167. The van der Waals surface area contributed by atoms with Gasteiger partial charge in [-0.3, -0.25) is 0 Å². The first-order valence-corrected chi connectivity index (χ1v) is 4.17. The first kappa shape index (κ1) is 11.1. The molecular formula is C6H4B3ClN2O2. The van der Waals surface area contributed by atoms with Gasteiger partial charge in [-0.2, -0.15) is 0 Å². The van der Waals surface area contributed by atoms with Crippen LogP contribution in [0.15, 0.2) is 6.20 Å². The number of carboxylic acids is 1. The van der Waals surface area contributed by atoms with Crippen molar-refractivity contribution >= 4 is 51.4 Å². The number of rotatable bonds is 3. The fourth-order valence-corrected chi connectivity index (χ4v) is 0.899. The summed E-state index contributed by atoms with van der Waals surface area (Å²) in [6.07, 6.45) is 1.19. The SMILES string of the molecule is [B]C(=Bc1nc(C(=O)O)cn1[B])CCl. The van der Waals surface area contributed by atoms with Crippen molar-refractivity contribution in [1.82, 2.24) is 9.46 Å². The molecule has 0 bridgehead atoms. The van der Waals surface area contributed by atoms with Crippen LogP contribution in [-0.2, 0) is 0 Å². The second-order valence-electron chi connectivity index (χ2n) is 2.55. The van der Waals surface area contributed by atoms with E-state index < -0.39 is 5.97 Å². The number of aromatic carboxylic acids is 1. The van der Waals surface area contributed by atoms with Gasteiger partial charge in [0.2, 0.25) is 0 Å². The van der Waals surface area contributed by atoms with Crippen molar-refractivity contribution in [3.8, 4) is 0 Å². The summed E-state index contributed by atoms with van der Waals surface area (Å²) in [4.78, 5) is 14.2. The Bertz CT molecular complexity index is 390. The number of nitrogens with zero attached hydrogens (tertiary/aromatic N) is 2. The zero-order valence-corrected chi connectivity index (χ0v) is 7.90. The minimum absolute atomic E-state index is 0.134. The number of imidazole rings is 1. The second-order valence-corrected chi connectivity index (χ2v) is 2.82. The summed E-state index contributed by atoms with van der Waals surface area (Å²) < 4.78 is 1.07. The van der Waals surface area contributed by atoms with E-state index in [1.165, 1.54) is 13.1 Å². The Balaban J connectivity index is 3.05. The van der Waals surface area contributed by atoms with Gasteiger partial charge in [0.05, 0.1) is 0 Å². The first-order valence-electron chi connectivity index (χ1n) is 3.64. The normalized spacial score (nSPS) is 11.1. The van der Waals surface area contributed by atoms with Crippen LogP contribution in [0.1, 0.15) is 10.5 Å². The van der Waals surface area contributed by atoms with Crippen LogP contribution in [-0.4, -0.2) is 54.5 Å². The molecule has 0 amide bonds. The molecule has 1 aromatic heterocycles. The first-order chi connectivity index (χ1) is 6.54. The van der Waals surface area contributed by atoms with E-state index in [0.717, 1.165) is 4.48 Å². The molecule has 0 aliphatic carbocycles. The molecule has 4 radical (unpaired) electrons. The Kier molecular flexibility index (Phi) is 3.58. The van der Waals surface area contributed by atoms with Crippen molar-refractivity contribution in [3.63, 3.8) is 0 Å². The third-order valence-corrected chi connectivity index (χ3v) is 1.76. The van der Waals surface area contributed by atoms with E-state index in [1.54, 1.807) is 0 Å². The van der Waals surface area contributed by atoms with Crippen LogP contribution in [0, 0.1) is 0 Å². The Morgan fingerprint density at radius 1 is 1.79 bits per heavy atom. The van der Waals surface area contributed by atoms with E-state index in [2.05, 4.69) is 4.98 Å². The summed E-state index contributed by atoms with van der Waals surface area (Å²) in [7, 11) is 10.9. The van der Waals surface area contributed by atoms with Gasteiger partial charge < -0.3 is 0 Å². The summed E-state index contributed by atoms with van der Waals surface area (Å²) in [5, 5.41) is 8.97. The van der Waals surface area contributed by atoms with E-state index in [0.29, 0.717) is 5.36 Å². The fourth-order valence-electron chi connectivity index (χ4n) is 0.822. The molecule has 0 spiro atoms. The molecule has 14 heavy (non-hydrogen) atoms. The molecule has 0 aliphatic rings. The van der Waals surface area contributed by atoms with Gasteiger partial charge in [0, 0.05) is 0 Å². The van der Waals surface area contributed by atoms with Crippen molar-refractivity contribution in [2.75, 3.05) is 5.88 Å². The molecular weight excluding hydrogens is 200 g/mol. The molecule has 0 saturated heterocycles. The van der Waals surface area contributed by atoms with Gasteiger partial charge in [-0.05, 0) is 0 Å². The zero-order chi connectivity index (χ0) is 10.7. The summed E-state index contributed by atoms with van der Waals surface area (Å²) in [6.45, 7) is 1.42. The standard InChI is InChI=1S/C6H4B3ClN2O2/c7-4(1-10)9-6-11-3(5(13)14)2-12(6)8/h2H,1H2,(H,13,14). The number of alkyl halides is 1. The second kappa shape index (κ2) is 4.51. The number of carbonyl (C=O) groups is 1.